The van der Waals surface area contributed by atoms with Crippen LogP contribution in [-0.4, -0.2) is 56.5 Å². The quantitative estimate of drug-likeness (QED) is 0.704. The highest BCUT2D eigenvalue weighted by Gasteiger charge is 2.54. The van der Waals surface area contributed by atoms with Gasteiger partial charge in [-0.25, -0.2) is 4.98 Å². The summed E-state index contributed by atoms with van der Waals surface area (Å²) in [6, 6.07) is 5.87. The van der Waals surface area contributed by atoms with Crippen molar-refractivity contribution in [1.82, 2.24) is 24.6 Å². The van der Waals surface area contributed by atoms with E-state index in [1.807, 2.05) is 25.1 Å². The van der Waals surface area contributed by atoms with Gasteiger partial charge in [-0.05, 0) is 25.5 Å². The number of aryl methyl sites for hydroxylation is 1. The van der Waals surface area contributed by atoms with Crippen molar-refractivity contribution in [2.24, 2.45) is 5.92 Å². The van der Waals surface area contributed by atoms with Crippen LogP contribution in [0.3, 0.4) is 0 Å². The molecule has 2 fully saturated rings. The molecule has 0 saturated carbocycles. The van der Waals surface area contributed by atoms with Crippen LogP contribution in [0, 0.1) is 12.8 Å². The summed E-state index contributed by atoms with van der Waals surface area (Å²) in [5, 5.41) is 4.30. The molecule has 3 aromatic heterocycles. The van der Waals surface area contributed by atoms with Crippen molar-refractivity contribution in [3.05, 3.63) is 42.6 Å². The Hall–Kier alpha value is -2.74. The van der Waals surface area contributed by atoms with Gasteiger partial charge in [0.1, 0.15) is 23.5 Å². The minimum absolute atomic E-state index is 0.147. The molecule has 8 heteroatoms. The fraction of sp³-hybridized carbons (Fsp3) is 0.444. The number of ether oxygens (including phenoxy) is 2. The van der Waals surface area contributed by atoms with E-state index in [1.54, 1.807) is 16.9 Å². The van der Waals surface area contributed by atoms with Crippen LogP contribution >= 0.6 is 0 Å². The first-order valence-electron chi connectivity index (χ1n) is 8.83. The summed E-state index contributed by atoms with van der Waals surface area (Å²) >= 11 is 0. The van der Waals surface area contributed by atoms with Crippen molar-refractivity contribution >= 4 is 11.6 Å². The van der Waals surface area contributed by atoms with E-state index in [0.29, 0.717) is 18.3 Å². The summed E-state index contributed by atoms with van der Waals surface area (Å²) in [4.78, 5) is 15.0. The Morgan fingerprint density at radius 3 is 3.15 bits per heavy atom. The maximum absolute atomic E-state index is 6.15. The SMILES string of the molecule is Cc1cc(N2CC3(C2)OCC[C@@H]3COc2cccnc2)n2ncnc2n1. The zero-order valence-electron chi connectivity index (χ0n) is 14.6. The summed E-state index contributed by atoms with van der Waals surface area (Å²) in [6.45, 7) is 5.06. The molecule has 0 unspecified atom stereocenters. The molecule has 26 heavy (non-hydrogen) atoms. The van der Waals surface area contributed by atoms with Gasteiger partial charge in [-0.2, -0.15) is 14.6 Å². The molecule has 2 aliphatic heterocycles. The number of anilines is 1. The topological polar surface area (TPSA) is 77.7 Å². The Balaban J connectivity index is 1.31. The molecule has 2 saturated heterocycles. The van der Waals surface area contributed by atoms with Crippen molar-refractivity contribution in [3.8, 4) is 5.75 Å². The lowest BCUT2D eigenvalue weighted by Gasteiger charge is -2.50. The maximum atomic E-state index is 6.15. The summed E-state index contributed by atoms with van der Waals surface area (Å²) in [7, 11) is 0. The van der Waals surface area contributed by atoms with Crippen LogP contribution in [0.15, 0.2) is 36.9 Å². The molecule has 1 atom stereocenters. The molecule has 5 heterocycles. The van der Waals surface area contributed by atoms with Gasteiger partial charge < -0.3 is 14.4 Å². The van der Waals surface area contributed by atoms with E-state index in [4.69, 9.17) is 9.47 Å². The molecule has 5 rings (SSSR count). The molecular formula is C18H20N6O2. The monoisotopic (exact) mass is 352 g/mol. The van der Waals surface area contributed by atoms with E-state index in [2.05, 4.69) is 25.0 Å². The number of pyridine rings is 1. The number of rotatable bonds is 4. The minimum atomic E-state index is -0.147. The van der Waals surface area contributed by atoms with E-state index >= 15 is 0 Å². The van der Waals surface area contributed by atoms with Gasteiger partial charge in [0.05, 0.1) is 25.9 Å². The van der Waals surface area contributed by atoms with Crippen LogP contribution in [-0.2, 0) is 4.74 Å². The van der Waals surface area contributed by atoms with Crippen LogP contribution in [0.25, 0.3) is 5.78 Å². The molecule has 134 valence electrons. The zero-order valence-corrected chi connectivity index (χ0v) is 14.6. The van der Waals surface area contributed by atoms with E-state index in [9.17, 15) is 0 Å². The van der Waals surface area contributed by atoms with E-state index < -0.39 is 0 Å². The second-order valence-corrected chi connectivity index (χ2v) is 6.98. The van der Waals surface area contributed by atoms with Gasteiger partial charge in [-0.3, -0.25) is 4.98 Å². The number of aromatic nitrogens is 5. The molecule has 3 aromatic rings. The third-order valence-corrected chi connectivity index (χ3v) is 5.29. The van der Waals surface area contributed by atoms with Crippen molar-refractivity contribution in [3.63, 3.8) is 0 Å². The van der Waals surface area contributed by atoms with Gasteiger partial charge in [0, 0.05) is 30.5 Å². The Morgan fingerprint density at radius 2 is 2.31 bits per heavy atom. The number of fused-ring (bicyclic) bond motifs is 1. The molecular weight excluding hydrogens is 332 g/mol. The molecule has 0 amide bonds. The van der Waals surface area contributed by atoms with Crippen molar-refractivity contribution in [2.75, 3.05) is 31.2 Å². The first-order valence-corrected chi connectivity index (χ1v) is 8.83. The molecule has 0 N–H and O–H groups in total. The molecule has 2 aliphatic rings. The second kappa shape index (κ2) is 5.91. The predicted octanol–water partition coefficient (Wildman–Crippen LogP) is 1.50. The first kappa shape index (κ1) is 15.5. The van der Waals surface area contributed by atoms with Gasteiger partial charge in [0.25, 0.3) is 5.78 Å². The highest BCUT2D eigenvalue weighted by atomic mass is 16.5. The van der Waals surface area contributed by atoms with Crippen LogP contribution < -0.4 is 9.64 Å². The molecule has 0 aliphatic carbocycles. The lowest BCUT2D eigenvalue weighted by Crippen LogP contribution is -2.66. The van der Waals surface area contributed by atoms with Gasteiger partial charge in [0.15, 0.2) is 0 Å². The third-order valence-electron chi connectivity index (χ3n) is 5.29. The standard InChI is InChI=1S/C18H20N6O2/c1-13-7-16(24-17(22-13)20-12-21-24)23-10-18(11-23)14(4-6-26-18)9-25-15-3-2-5-19-8-15/h2-3,5,7-8,12,14H,4,6,9-11H2,1H3/t14-/m1/s1. The Labute approximate surface area is 150 Å². The Bertz CT molecular complexity index is 922. The Morgan fingerprint density at radius 1 is 1.38 bits per heavy atom. The number of hydrogen-bond acceptors (Lipinski definition) is 7. The lowest BCUT2D eigenvalue weighted by atomic mass is 9.81. The lowest BCUT2D eigenvalue weighted by molar-refractivity contribution is -0.0528. The van der Waals surface area contributed by atoms with Gasteiger partial charge in [0.2, 0.25) is 0 Å². The fourth-order valence-corrected chi connectivity index (χ4v) is 3.90. The van der Waals surface area contributed by atoms with Crippen LogP contribution in [0.1, 0.15) is 12.1 Å². The van der Waals surface area contributed by atoms with Crippen LogP contribution in [0.4, 0.5) is 5.82 Å². The third kappa shape index (κ3) is 2.48. The van der Waals surface area contributed by atoms with Gasteiger partial charge >= 0.3 is 0 Å². The largest absolute Gasteiger partial charge is 0.492 e. The molecule has 0 bridgehead atoms. The minimum Gasteiger partial charge on any atom is -0.492 e. The van der Waals surface area contributed by atoms with Crippen molar-refractivity contribution in [1.29, 1.82) is 0 Å². The molecule has 1 spiro atoms. The maximum Gasteiger partial charge on any atom is 0.254 e. The predicted molar refractivity (Wildman–Crippen MR) is 94.3 cm³/mol. The van der Waals surface area contributed by atoms with Crippen LogP contribution in [0.5, 0.6) is 5.75 Å². The Kier molecular flexibility index (Phi) is 3.53. The first-order chi connectivity index (χ1) is 12.7. The van der Waals surface area contributed by atoms with Crippen molar-refractivity contribution < 1.29 is 9.47 Å². The summed E-state index contributed by atoms with van der Waals surface area (Å²) < 4.78 is 13.9. The summed E-state index contributed by atoms with van der Waals surface area (Å²) in [5.74, 6) is 2.82. The average molecular weight is 352 g/mol. The average Bonchev–Trinajstić information content (AvgIpc) is 3.25. The number of hydrogen-bond donors (Lipinski definition) is 0. The fourth-order valence-electron chi connectivity index (χ4n) is 3.90. The normalized spacial score (nSPS) is 21.3. The second-order valence-electron chi connectivity index (χ2n) is 6.98. The molecule has 8 nitrogen and oxygen atoms in total. The van der Waals surface area contributed by atoms with E-state index in [1.165, 1.54) is 6.33 Å². The highest BCUT2D eigenvalue weighted by molar-refractivity contribution is 5.51. The smallest absolute Gasteiger partial charge is 0.254 e. The van der Waals surface area contributed by atoms with Crippen LogP contribution in [0.2, 0.25) is 0 Å². The molecule has 0 aromatic carbocycles. The van der Waals surface area contributed by atoms with E-state index in [-0.39, 0.29) is 5.60 Å². The van der Waals surface area contributed by atoms with Gasteiger partial charge in [-0.15, -0.1) is 0 Å². The zero-order chi connectivity index (χ0) is 17.6. The van der Waals surface area contributed by atoms with Gasteiger partial charge in [-0.1, -0.05) is 0 Å². The highest BCUT2D eigenvalue weighted by Crippen LogP contribution is 2.42. The summed E-state index contributed by atoms with van der Waals surface area (Å²) in [6.07, 6.45) is 6.05. The molecule has 0 radical (unpaired) electrons. The summed E-state index contributed by atoms with van der Waals surface area (Å²) in [5.41, 5.74) is 0.789. The van der Waals surface area contributed by atoms with Crippen molar-refractivity contribution in [2.45, 2.75) is 18.9 Å². The number of nitrogens with zero attached hydrogens (tertiary/aromatic N) is 6. The van der Waals surface area contributed by atoms with E-state index in [0.717, 1.165) is 43.4 Å².